The summed E-state index contributed by atoms with van der Waals surface area (Å²) in [5.74, 6) is -0.566. The van der Waals surface area contributed by atoms with Gasteiger partial charge in [0.15, 0.2) is 0 Å². The summed E-state index contributed by atoms with van der Waals surface area (Å²) < 4.78 is 0. The fourth-order valence-corrected chi connectivity index (χ4v) is 4.72. The van der Waals surface area contributed by atoms with E-state index in [1.165, 1.54) is 10.4 Å². The van der Waals surface area contributed by atoms with Crippen LogP contribution in [-0.4, -0.2) is 29.2 Å². The van der Waals surface area contributed by atoms with Gasteiger partial charge in [-0.25, -0.2) is 0 Å². The lowest BCUT2D eigenvalue weighted by Crippen LogP contribution is -2.35. The van der Waals surface area contributed by atoms with Gasteiger partial charge in [0.2, 0.25) is 11.8 Å². The van der Waals surface area contributed by atoms with Gasteiger partial charge in [-0.2, -0.15) is 0 Å². The molecule has 0 radical (unpaired) electrons. The minimum absolute atomic E-state index is 0.0221. The van der Waals surface area contributed by atoms with E-state index >= 15 is 0 Å². The van der Waals surface area contributed by atoms with E-state index in [1.807, 2.05) is 36.1 Å². The predicted molar refractivity (Wildman–Crippen MR) is 130 cm³/mol. The van der Waals surface area contributed by atoms with Crippen LogP contribution in [-0.2, 0) is 29.1 Å². The van der Waals surface area contributed by atoms with Gasteiger partial charge in [-0.1, -0.05) is 42.0 Å². The molecule has 0 atom stereocenters. The van der Waals surface area contributed by atoms with Gasteiger partial charge in [-0.3, -0.25) is 14.4 Å². The molecule has 2 N–H and O–H groups in total. The van der Waals surface area contributed by atoms with Crippen LogP contribution in [0.4, 0.5) is 5.69 Å². The molecule has 7 heteroatoms. The number of anilines is 1. The topological polar surface area (TPSA) is 78.5 Å². The molecule has 0 saturated carbocycles. The van der Waals surface area contributed by atoms with Gasteiger partial charge in [-0.05, 0) is 48.1 Å². The maximum Gasteiger partial charge on any atom is 0.253 e. The Bertz CT molecular complexity index is 1150. The monoisotopic (exact) mass is 461 g/mol. The third kappa shape index (κ3) is 5.87. The smallest absolute Gasteiger partial charge is 0.253 e. The second-order valence-corrected chi connectivity index (χ2v) is 9.20. The van der Waals surface area contributed by atoms with Gasteiger partial charge in [0.05, 0.1) is 11.3 Å². The number of benzene rings is 2. The summed E-state index contributed by atoms with van der Waals surface area (Å²) in [5, 5.41) is 7.75. The number of aryl methyl sites for hydroxylation is 1. The molecule has 1 aromatic heterocycles. The average molecular weight is 462 g/mol. The van der Waals surface area contributed by atoms with Gasteiger partial charge in [0.1, 0.15) is 0 Å². The van der Waals surface area contributed by atoms with E-state index in [-0.39, 0.29) is 30.6 Å². The van der Waals surface area contributed by atoms with Crippen LogP contribution in [0.5, 0.6) is 0 Å². The van der Waals surface area contributed by atoms with Crippen LogP contribution in [0, 0.1) is 6.92 Å². The summed E-state index contributed by atoms with van der Waals surface area (Å²) in [6.07, 6.45) is 1.09. The van der Waals surface area contributed by atoms with Crippen molar-refractivity contribution in [3.05, 3.63) is 87.1 Å². The Balaban J connectivity index is 1.29. The number of carbonyl (C=O) groups is 3. The van der Waals surface area contributed by atoms with E-state index in [0.717, 1.165) is 17.5 Å². The molecule has 0 spiro atoms. The molecule has 3 aromatic rings. The Morgan fingerprint density at radius 3 is 2.61 bits per heavy atom. The maximum absolute atomic E-state index is 12.7. The number of amides is 3. The molecular weight excluding hydrogens is 434 g/mol. The first-order valence-corrected chi connectivity index (χ1v) is 11.9. The van der Waals surface area contributed by atoms with E-state index in [1.54, 1.807) is 35.6 Å². The number of rotatable bonds is 7. The SMILES string of the molecule is Cc1ccc(CNC(=O)c2ccccc2NC(=O)CCC(=O)N2CCc3sccc3C2)cc1. The third-order valence-corrected chi connectivity index (χ3v) is 6.77. The third-order valence-electron chi connectivity index (χ3n) is 5.75. The van der Waals surface area contributed by atoms with Crippen molar-refractivity contribution in [3.63, 3.8) is 0 Å². The zero-order chi connectivity index (χ0) is 23.2. The molecule has 3 amide bonds. The molecule has 2 heterocycles. The van der Waals surface area contributed by atoms with Crippen molar-refractivity contribution in [2.24, 2.45) is 0 Å². The van der Waals surface area contributed by atoms with Gasteiger partial charge in [0, 0.05) is 37.4 Å². The largest absolute Gasteiger partial charge is 0.348 e. The second-order valence-electron chi connectivity index (χ2n) is 8.20. The van der Waals surface area contributed by atoms with Crippen molar-refractivity contribution in [1.82, 2.24) is 10.2 Å². The zero-order valence-electron chi connectivity index (χ0n) is 18.6. The summed E-state index contributed by atoms with van der Waals surface area (Å²) in [6.45, 7) is 3.72. The summed E-state index contributed by atoms with van der Waals surface area (Å²) in [6, 6.07) is 16.9. The van der Waals surface area contributed by atoms with Crippen molar-refractivity contribution < 1.29 is 14.4 Å². The Labute approximate surface area is 197 Å². The molecular formula is C26H27N3O3S. The summed E-state index contributed by atoms with van der Waals surface area (Å²) >= 11 is 1.73. The Kier molecular flexibility index (Phi) is 7.19. The Morgan fingerprint density at radius 2 is 1.79 bits per heavy atom. The predicted octanol–water partition coefficient (Wildman–Crippen LogP) is 4.29. The quantitative estimate of drug-likeness (QED) is 0.551. The number of hydrogen-bond acceptors (Lipinski definition) is 4. The number of hydrogen-bond donors (Lipinski definition) is 2. The van der Waals surface area contributed by atoms with Crippen LogP contribution in [0.1, 0.15) is 44.8 Å². The fraction of sp³-hybridized carbons (Fsp3) is 0.269. The maximum atomic E-state index is 12.7. The number of para-hydroxylation sites is 1. The van der Waals surface area contributed by atoms with E-state index < -0.39 is 0 Å². The molecule has 0 bridgehead atoms. The lowest BCUT2D eigenvalue weighted by molar-refractivity contribution is -0.133. The zero-order valence-corrected chi connectivity index (χ0v) is 19.4. The van der Waals surface area contributed by atoms with Gasteiger partial charge in [-0.15, -0.1) is 11.3 Å². The van der Waals surface area contributed by atoms with Gasteiger partial charge < -0.3 is 15.5 Å². The molecule has 4 rings (SSSR count). The van der Waals surface area contributed by atoms with Crippen molar-refractivity contribution in [3.8, 4) is 0 Å². The van der Waals surface area contributed by atoms with Crippen molar-refractivity contribution in [1.29, 1.82) is 0 Å². The summed E-state index contributed by atoms with van der Waals surface area (Å²) in [5.41, 5.74) is 4.20. The Morgan fingerprint density at radius 1 is 1.00 bits per heavy atom. The van der Waals surface area contributed by atoms with Crippen LogP contribution in [0.25, 0.3) is 0 Å². The first-order valence-electron chi connectivity index (χ1n) is 11.1. The van der Waals surface area contributed by atoms with Gasteiger partial charge >= 0.3 is 0 Å². The lowest BCUT2D eigenvalue weighted by atomic mass is 10.1. The second kappa shape index (κ2) is 10.4. The number of nitrogens with one attached hydrogen (secondary N) is 2. The number of thiophene rings is 1. The highest BCUT2D eigenvalue weighted by Crippen LogP contribution is 2.24. The van der Waals surface area contributed by atoms with E-state index in [4.69, 9.17) is 0 Å². The molecule has 0 fully saturated rings. The summed E-state index contributed by atoms with van der Waals surface area (Å²) in [4.78, 5) is 41.0. The van der Waals surface area contributed by atoms with Crippen LogP contribution < -0.4 is 10.6 Å². The molecule has 0 saturated heterocycles. The molecule has 170 valence electrons. The standard InChI is InChI=1S/C26H27N3O3S/c1-18-6-8-19(9-7-18)16-27-26(32)21-4-2-3-5-22(21)28-24(30)10-11-25(31)29-14-12-23-20(17-29)13-15-33-23/h2-9,13,15H,10-12,14,16-17H2,1H3,(H,27,32)(H,28,30). The molecule has 1 aliphatic heterocycles. The first-order chi connectivity index (χ1) is 16.0. The highest BCUT2D eigenvalue weighted by Gasteiger charge is 2.22. The highest BCUT2D eigenvalue weighted by molar-refractivity contribution is 7.10. The molecule has 6 nitrogen and oxygen atoms in total. The Hall–Kier alpha value is -3.45. The number of nitrogens with zero attached hydrogens (tertiary/aromatic N) is 1. The summed E-state index contributed by atoms with van der Waals surface area (Å²) in [7, 11) is 0. The van der Waals surface area contributed by atoms with Crippen LogP contribution in [0.15, 0.2) is 60.0 Å². The highest BCUT2D eigenvalue weighted by atomic mass is 32.1. The van der Waals surface area contributed by atoms with Crippen molar-refractivity contribution in [2.75, 3.05) is 11.9 Å². The minimum Gasteiger partial charge on any atom is -0.348 e. The lowest BCUT2D eigenvalue weighted by Gasteiger charge is -2.27. The molecule has 0 aliphatic carbocycles. The van der Waals surface area contributed by atoms with Crippen LogP contribution >= 0.6 is 11.3 Å². The van der Waals surface area contributed by atoms with E-state index in [9.17, 15) is 14.4 Å². The average Bonchev–Trinajstić information content (AvgIpc) is 3.30. The van der Waals surface area contributed by atoms with Crippen molar-refractivity contribution in [2.45, 2.75) is 39.3 Å². The molecule has 2 aromatic carbocycles. The fourth-order valence-electron chi connectivity index (χ4n) is 3.83. The first kappa shape index (κ1) is 22.7. The van der Waals surface area contributed by atoms with Crippen LogP contribution in [0.3, 0.4) is 0 Å². The molecule has 0 unspecified atom stereocenters. The van der Waals surface area contributed by atoms with Crippen LogP contribution in [0.2, 0.25) is 0 Å². The number of carbonyl (C=O) groups excluding carboxylic acids is 3. The van der Waals surface area contributed by atoms with Gasteiger partial charge in [0.25, 0.3) is 5.91 Å². The van der Waals surface area contributed by atoms with E-state index in [0.29, 0.717) is 30.9 Å². The number of fused-ring (bicyclic) bond motifs is 1. The minimum atomic E-state index is -0.282. The van der Waals surface area contributed by atoms with E-state index in [2.05, 4.69) is 22.1 Å². The molecule has 1 aliphatic rings. The normalized spacial score (nSPS) is 12.7. The molecule has 33 heavy (non-hydrogen) atoms. The van der Waals surface area contributed by atoms with Crippen molar-refractivity contribution >= 4 is 34.7 Å².